The molecule has 0 saturated heterocycles. The van der Waals surface area contributed by atoms with Crippen LogP contribution in [0, 0.1) is 11.6 Å². The minimum atomic E-state index is -1.03. The molecule has 0 fully saturated rings. The van der Waals surface area contributed by atoms with Crippen LogP contribution in [0.15, 0.2) is 24.5 Å². The Kier molecular flexibility index (Phi) is 4.49. The van der Waals surface area contributed by atoms with E-state index in [9.17, 15) is 13.9 Å². The molecule has 1 aromatic heterocycles. The van der Waals surface area contributed by atoms with Crippen molar-refractivity contribution in [2.45, 2.75) is 19.1 Å². The van der Waals surface area contributed by atoms with Gasteiger partial charge in [0.2, 0.25) is 5.88 Å². The van der Waals surface area contributed by atoms with E-state index in [1.54, 1.807) is 7.11 Å². The van der Waals surface area contributed by atoms with E-state index in [1.807, 2.05) is 4.90 Å². The van der Waals surface area contributed by atoms with Crippen LogP contribution in [0.25, 0.3) is 0 Å². The molecule has 1 aliphatic rings. The van der Waals surface area contributed by atoms with Crippen LogP contribution in [0.1, 0.15) is 22.9 Å². The number of aromatic nitrogens is 2. The summed E-state index contributed by atoms with van der Waals surface area (Å²) in [5.41, 5.74) is 1.90. The molecule has 1 atom stereocenters. The van der Waals surface area contributed by atoms with Gasteiger partial charge in [-0.2, -0.15) is 0 Å². The normalized spacial score (nSPS) is 16.0. The lowest BCUT2D eigenvalue weighted by Gasteiger charge is -2.30. The van der Waals surface area contributed by atoms with Crippen molar-refractivity contribution in [2.75, 3.05) is 20.2 Å². The first-order valence-corrected chi connectivity index (χ1v) is 7.30. The zero-order chi connectivity index (χ0) is 16.4. The smallest absolute Gasteiger partial charge is 0.220 e. The molecule has 1 aliphatic heterocycles. The Labute approximate surface area is 132 Å². The molecule has 0 saturated carbocycles. The monoisotopic (exact) mass is 321 g/mol. The van der Waals surface area contributed by atoms with E-state index < -0.39 is 17.7 Å². The van der Waals surface area contributed by atoms with E-state index in [-0.39, 0.29) is 12.1 Å². The van der Waals surface area contributed by atoms with E-state index in [0.717, 1.165) is 23.4 Å². The van der Waals surface area contributed by atoms with Crippen LogP contribution in [0.2, 0.25) is 0 Å². The van der Waals surface area contributed by atoms with Crippen molar-refractivity contribution in [3.8, 4) is 5.88 Å². The van der Waals surface area contributed by atoms with Gasteiger partial charge >= 0.3 is 0 Å². The minimum absolute atomic E-state index is 0.0912. The molecule has 0 aliphatic carbocycles. The Morgan fingerprint density at radius 2 is 2.17 bits per heavy atom. The van der Waals surface area contributed by atoms with Gasteiger partial charge in [0.25, 0.3) is 0 Å². The highest BCUT2D eigenvalue weighted by Crippen LogP contribution is 2.26. The molecule has 0 unspecified atom stereocenters. The molecule has 0 radical (unpaired) electrons. The van der Waals surface area contributed by atoms with Crippen molar-refractivity contribution in [3.63, 3.8) is 0 Å². The van der Waals surface area contributed by atoms with Gasteiger partial charge in [-0.25, -0.2) is 18.7 Å². The first-order chi connectivity index (χ1) is 11.1. The Balaban J connectivity index is 1.74. The van der Waals surface area contributed by atoms with E-state index in [4.69, 9.17) is 4.74 Å². The molecule has 2 heterocycles. The van der Waals surface area contributed by atoms with E-state index in [2.05, 4.69) is 9.97 Å². The molecule has 3 rings (SSSR count). The maximum Gasteiger partial charge on any atom is 0.220 e. The minimum Gasteiger partial charge on any atom is -0.481 e. The first kappa shape index (κ1) is 15.8. The van der Waals surface area contributed by atoms with Gasteiger partial charge < -0.3 is 9.84 Å². The summed E-state index contributed by atoms with van der Waals surface area (Å²) in [6.07, 6.45) is 1.14. The lowest BCUT2D eigenvalue weighted by molar-refractivity contribution is 0.101. The molecule has 1 aromatic carbocycles. The maximum atomic E-state index is 13.8. The van der Waals surface area contributed by atoms with Gasteiger partial charge in [-0.3, -0.25) is 4.90 Å². The number of hydrogen-bond donors (Lipinski definition) is 1. The Morgan fingerprint density at radius 1 is 1.35 bits per heavy atom. The molecular weight excluding hydrogens is 304 g/mol. The average Bonchev–Trinajstić information content (AvgIpc) is 2.54. The number of aliphatic hydroxyl groups is 1. The second-order valence-corrected chi connectivity index (χ2v) is 5.47. The highest BCUT2D eigenvalue weighted by atomic mass is 19.1. The van der Waals surface area contributed by atoms with Gasteiger partial charge in [-0.05, 0) is 6.07 Å². The van der Waals surface area contributed by atoms with Gasteiger partial charge in [0.1, 0.15) is 18.0 Å². The summed E-state index contributed by atoms with van der Waals surface area (Å²) in [7, 11) is 1.55. The van der Waals surface area contributed by atoms with Gasteiger partial charge in [0.05, 0.1) is 18.9 Å². The number of fused-ring (bicyclic) bond motifs is 1. The molecule has 1 N–H and O–H groups in total. The Bertz CT molecular complexity index is 697. The van der Waals surface area contributed by atoms with Crippen LogP contribution in [-0.4, -0.2) is 40.2 Å². The fourth-order valence-corrected chi connectivity index (χ4v) is 2.82. The van der Waals surface area contributed by atoms with Gasteiger partial charge in [-0.15, -0.1) is 0 Å². The molecule has 0 amide bonds. The average molecular weight is 321 g/mol. The topological polar surface area (TPSA) is 58.5 Å². The van der Waals surface area contributed by atoms with Crippen molar-refractivity contribution in [1.29, 1.82) is 0 Å². The standard InChI is InChI=1S/C16H17F2N3O2/c1-23-16-12-7-21(5-4-14(12)19-9-20-16)8-15(22)11-3-2-10(17)6-13(11)18/h2-3,6,9,15,22H,4-5,7-8H2,1H3/t15-/m1/s1. The van der Waals surface area contributed by atoms with Crippen molar-refractivity contribution in [3.05, 3.63) is 53.0 Å². The number of hydrogen-bond acceptors (Lipinski definition) is 5. The molecule has 0 spiro atoms. The van der Waals surface area contributed by atoms with Gasteiger partial charge in [0.15, 0.2) is 0 Å². The molecule has 0 bridgehead atoms. The SMILES string of the molecule is COc1ncnc2c1CN(C[C@@H](O)c1ccc(F)cc1F)CC2. The second-order valence-electron chi connectivity index (χ2n) is 5.47. The predicted molar refractivity (Wildman–Crippen MR) is 78.9 cm³/mol. The van der Waals surface area contributed by atoms with E-state index >= 15 is 0 Å². The fourth-order valence-electron chi connectivity index (χ4n) is 2.82. The number of β-amino-alcohol motifs (C(OH)–C–C–N with tert-alkyl or cyclic N) is 1. The molecule has 2 aromatic rings. The number of benzene rings is 1. The van der Waals surface area contributed by atoms with Crippen molar-refractivity contribution >= 4 is 0 Å². The molecule has 23 heavy (non-hydrogen) atoms. The third-order valence-corrected chi connectivity index (χ3v) is 3.99. The van der Waals surface area contributed by atoms with Crippen LogP contribution < -0.4 is 4.74 Å². The predicted octanol–water partition coefficient (Wildman–Crippen LogP) is 1.86. The number of ether oxygens (including phenoxy) is 1. The van der Waals surface area contributed by atoms with Crippen molar-refractivity contribution < 1.29 is 18.6 Å². The summed E-state index contributed by atoms with van der Waals surface area (Å²) in [5, 5.41) is 10.3. The lowest BCUT2D eigenvalue weighted by atomic mass is 10.0. The summed E-state index contributed by atoms with van der Waals surface area (Å²) in [5.74, 6) is -0.884. The largest absolute Gasteiger partial charge is 0.481 e. The summed E-state index contributed by atoms with van der Waals surface area (Å²) in [6.45, 7) is 1.44. The first-order valence-electron chi connectivity index (χ1n) is 7.30. The van der Waals surface area contributed by atoms with Crippen molar-refractivity contribution in [2.24, 2.45) is 0 Å². The number of methoxy groups -OCH3 is 1. The highest BCUT2D eigenvalue weighted by molar-refractivity contribution is 5.31. The van der Waals surface area contributed by atoms with Crippen LogP contribution in [0.4, 0.5) is 8.78 Å². The number of rotatable bonds is 4. The zero-order valence-electron chi connectivity index (χ0n) is 12.7. The second kappa shape index (κ2) is 6.55. The fraction of sp³-hybridized carbons (Fsp3) is 0.375. The Morgan fingerprint density at radius 3 is 2.91 bits per heavy atom. The van der Waals surface area contributed by atoms with E-state index in [0.29, 0.717) is 25.4 Å². The summed E-state index contributed by atoms with van der Waals surface area (Å²) >= 11 is 0. The molecule has 5 nitrogen and oxygen atoms in total. The van der Waals surface area contributed by atoms with Crippen molar-refractivity contribution in [1.82, 2.24) is 14.9 Å². The van der Waals surface area contributed by atoms with Gasteiger partial charge in [-0.1, -0.05) is 6.07 Å². The molecular formula is C16H17F2N3O2. The highest BCUT2D eigenvalue weighted by Gasteiger charge is 2.24. The zero-order valence-corrected chi connectivity index (χ0v) is 12.7. The summed E-state index contributed by atoms with van der Waals surface area (Å²) in [4.78, 5) is 10.3. The summed E-state index contributed by atoms with van der Waals surface area (Å²) < 4.78 is 32.0. The van der Waals surface area contributed by atoms with Crippen LogP contribution in [0.5, 0.6) is 5.88 Å². The maximum absolute atomic E-state index is 13.8. The molecule has 7 heteroatoms. The quantitative estimate of drug-likeness (QED) is 0.931. The van der Waals surface area contributed by atoms with Crippen LogP contribution in [-0.2, 0) is 13.0 Å². The number of aliphatic hydroxyl groups excluding tert-OH is 1. The number of halogens is 2. The van der Waals surface area contributed by atoms with E-state index in [1.165, 1.54) is 12.4 Å². The Hall–Kier alpha value is -2.12. The van der Waals surface area contributed by atoms with Crippen LogP contribution in [0.3, 0.4) is 0 Å². The summed E-state index contributed by atoms with van der Waals surface area (Å²) in [6, 6.07) is 3.20. The molecule has 122 valence electrons. The van der Waals surface area contributed by atoms with Gasteiger partial charge in [0, 0.05) is 43.2 Å². The lowest BCUT2D eigenvalue weighted by Crippen LogP contribution is -2.35. The third kappa shape index (κ3) is 3.30. The third-order valence-electron chi connectivity index (χ3n) is 3.99. The number of nitrogens with zero attached hydrogens (tertiary/aromatic N) is 3. The van der Waals surface area contributed by atoms with Crippen LogP contribution >= 0.6 is 0 Å².